The van der Waals surface area contributed by atoms with E-state index in [9.17, 15) is 9.59 Å². The van der Waals surface area contributed by atoms with E-state index in [0.29, 0.717) is 30.3 Å². The van der Waals surface area contributed by atoms with Crippen LogP contribution in [0.25, 0.3) is 0 Å². The summed E-state index contributed by atoms with van der Waals surface area (Å²) in [7, 11) is 0. The van der Waals surface area contributed by atoms with Crippen molar-refractivity contribution in [3.05, 3.63) is 106 Å². The highest BCUT2D eigenvalue weighted by Gasteiger charge is 2.30. The molecule has 1 N–H and O–H groups in total. The zero-order chi connectivity index (χ0) is 24.3. The van der Waals surface area contributed by atoms with Crippen molar-refractivity contribution in [3.8, 4) is 0 Å². The van der Waals surface area contributed by atoms with Crippen molar-refractivity contribution in [2.75, 3.05) is 12.3 Å². The first-order chi connectivity index (χ1) is 16.5. The van der Waals surface area contributed by atoms with Crippen LogP contribution in [0, 0.1) is 6.92 Å². The topological polar surface area (TPSA) is 49.4 Å². The molecule has 34 heavy (non-hydrogen) atoms. The molecule has 0 saturated carbocycles. The van der Waals surface area contributed by atoms with Gasteiger partial charge in [0, 0.05) is 30.3 Å². The van der Waals surface area contributed by atoms with Gasteiger partial charge in [-0.15, -0.1) is 11.8 Å². The van der Waals surface area contributed by atoms with E-state index in [1.807, 2.05) is 61.5 Å². The average Bonchev–Trinajstić information content (AvgIpc) is 2.84. The first kappa shape index (κ1) is 25.9. The lowest BCUT2D eigenvalue weighted by Crippen LogP contribution is -2.51. The van der Waals surface area contributed by atoms with Gasteiger partial charge in [-0.1, -0.05) is 83.9 Å². The second-order valence-corrected chi connectivity index (χ2v) is 9.65. The van der Waals surface area contributed by atoms with Crippen LogP contribution < -0.4 is 5.32 Å². The normalized spacial score (nSPS) is 11.6. The van der Waals surface area contributed by atoms with Gasteiger partial charge in [0.05, 0.1) is 5.75 Å². The number of hydrogen-bond acceptors (Lipinski definition) is 3. The highest BCUT2D eigenvalue weighted by Crippen LogP contribution is 2.19. The third-order valence-corrected chi connectivity index (χ3v) is 6.74. The van der Waals surface area contributed by atoms with Gasteiger partial charge in [-0.25, -0.2) is 0 Å². The Morgan fingerprint density at radius 2 is 1.56 bits per heavy atom. The van der Waals surface area contributed by atoms with Crippen LogP contribution in [0.2, 0.25) is 5.02 Å². The molecule has 0 aliphatic carbocycles. The Morgan fingerprint density at radius 3 is 2.21 bits per heavy atom. The van der Waals surface area contributed by atoms with Gasteiger partial charge in [0.15, 0.2) is 0 Å². The Labute approximate surface area is 211 Å². The van der Waals surface area contributed by atoms with Gasteiger partial charge in [-0.3, -0.25) is 9.59 Å². The Kier molecular flexibility index (Phi) is 10.0. The second kappa shape index (κ2) is 13.2. The molecule has 0 bridgehead atoms. The molecule has 0 spiro atoms. The zero-order valence-corrected chi connectivity index (χ0v) is 21.2. The highest BCUT2D eigenvalue weighted by atomic mass is 35.5. The summed E-state index contributed by atoms with van der Waals surface area (Å²) >= 11 is 7.63. The molecular weight excluding hydrogens is 464 g/mol. The van der Waals surface area contributed by atoms with E-state index in [4.69, 9.17) is 11.6 Å². The Morgan fingerprint density at radius 1 is 0.912 bits per heavy atom. The van der Waals surface area contributed by atoms with Crippen molar-refractivity contribution >= 4 is 35.2 Å². The van der Waals surface area contributed by atoms with Crippen molar-refractivity contribution in [3.63, 3.8) is 0 Å². The first-order valence-corrected chi connectivity index (χ1v) is 13.0. The molecule has 6 heteroatoms. The predicted molar refractivity (Wildman–Crippen MR) is 142 cm³/mol. The van der Waals surface area contributed by atoms with Gasteiger partial charge >= 0.3 is 0 Å². The minimum absolute atomic E-state index is 0.0563. The van der Waals surface area contributed by atoms with Crippen LogP contribution in [-0.4, -0.2) is 35.1 Å². The van der Waals surface area contributed by atoms with Crippen LogP contribution in [0.5, 0.6) is 0 Å². The van der Waals surface area contributed by atoms with Crippen LogP contribution in [-0.2, 0) is 28.3 Å². The van der Waals surface area contributed by atoms with E-state index in [-0.39, 0.29) is 11.8 Å². The number of thioether (sulfide) groups is 1. The Balaban J connectivity index is 1.81. The molecule has 0 unspecified atom stereocenters. The number of carbonyl (C=O) groups excluding carboxylic acids is 2. The number of benzene rings is 3. The molecule has 0 aliphatic heterocycles. The quantitative estimate of drug-likeness (QED) is 0.374. The number of likely N-dealkylation sites (N-methyl/N-ethyl adjacent to an activating group) is 1. The van der Waals surface area contributed by atoms with Crippen LogP contribution in [0.3, 0.4) is 0 Å². The fraction of sp³-hybridized carbons (Fsp3) is 0.286. The standard InChI is InChI=1S/C28H31ClN2O2S/c1-3-30-28(33)26(17-22-7-5-4-6-8-22)31(18-23-13-15-25(29)16-14-23)27(32)20-34-19-24-11-9-21(2)10-12-24/h4-16,26H,3,17-20H2,1-2H3,(H,30,33)/t26-/m0/s1. The number of nitrogens with zero attached hydrogens (tertiary/aromatic N) is 1. The third kappa shape index (κ3) is 7.93. The molecule has 0 aromatic heterocycles. The van der Waals surface area contributed by atoms with Crippen molar-refractivity contribution < 1.29 is 9.59 Å². The van der Waals surface area contributed by atoms with Crippen molar-refractivity contribution in [2.45, 2.75) is 38.6 Å². The lowest BCUT2D eigenvalue weighted by Gasteiger charge is -2.31. The second-order valence-electron chi connectivity index (χ2n) is 8.23. The SMILES string of the molecule is CCNC(=O)[C@H](Cc1ccccc1)N(Cc1ccc(Cl)cc1)C(=O)CSCc1ccc(C)cc1. The predicted octanol–water partition coefficient (Wildman–Crippen LogP) is 5.66. The molecule has 0 radical (unpaired) electrons. The molecule has 0 aliphatic rings. The molecule has 0 fully saturated rings. The molecule has 2 amide bonds. The number of carbonyl (C=O) groups is 2. The molecule has 0 heterocycles. The number of rotatable bonds is 11. The monoisotopic (exact) mass is 494 g/mol. The number of hydrogen-bond donors (Lipinski definition) is 1. The molecule has 4 nitrogen and oxygen atoms in total. The summed E-state index contributed by atoms with van der Waals surface area (Å²) in [6, 6.07) is 25.0. The van der Waals surface area contributed by atoms with Gasteiger partial charge in [-0.05, 0) is 42.7 Å². The Hall–Kier alpha value is -2.76. The fourth-order valence-electron chi connectivity index (χ4n) is 3.66. The van der Waals surface area contributed by atoms with Crippen molar-refractivity contribution in [1.82, 2.24) is 10.2 Å². The van der Waals surface area contributed by atoms with Crippen molar-refractivity contribution in [1.29, 1.82) is 0 Å². The molecule has 3 rings (SSSR count). The summed E-state index contributed by atoms with van der Waals surface area (Å²) in [5.41, 5.74) is 4.34. The van der Waals surface area contributed by atoms with Gasteiger partial charge in [-0.2, -0.15) is 0 Å². The highest BCUT2D eigenvalue weighted by molar-refractivity contribution is 7.99. The van der Waals surface area contributed by atoms with E-state index in [1.54, 1.807) is 16.7 Å². The van der Waals surface area contributed by atoms with Crippen LogP contribution >= 0.6 is 23.4 Å². The fourth-order valence-corrected chi connectivity index (χ4v) is 4.65. The lowest BCUT2D eigenvalue weighted by molar-refractivity contribution is -0.139. The van der Waals surface area contributed by atoms with Gasteiger partial charge in [0.2, 0.25) is 11.8 Å². The van der Waals surface area contributed by atoms with Crippen molar-refractivity contribution in [2.24, 2.45) is 0 Å². The number of nitrogens with one attached hydrogen (secondary N) is 1. The minimum Gasteiger partial charge on any atom is -0.355 e. The van der Waals surface area contributed by atoms with E-state index in [2.05, 4.69) is 36.5 Å². The van der Waals surface area contributed by atoms with E-state index < -0.39 is 6.04 Å². The molecule has 3 aromatic rings. The largest absolute Gasteiger partial charge is 0.355 e. The maximum atomic E-state index is 13.5. The summed E-state index contributed by atoms with van der Waals surface area (Å²) in [5, 5.41) is 3.56. The third-order valence-electron chi connectivity index (χ3n) is 5.50. The van der Waals surface area contributed by atoms with Crippen LogP contribution in [0.4, 0.5) is 0 Å². The molecular formula is C28H31ClN2O2S. The first-order valence-electron chi connectivity index (χ1n) is 11.4. The van der Waals surface area contributed by atoms with Gasteiger partial charge in [0.1, 0.15) is 6.04 Å². The van der Waals surface area contributed by atoms with E-state index in [0.717, 1.165) is 16.9 Å². The van der Waals surface area contributed by atoms with Crippen LogP contribution in [0.1, 0.15) is 29.2 Å². The smallest absolute Gasteiger partial charge is 0.243 e. The Bertz CT molecular complexity index is 1060. The summed E-state index contributed by atoms with van der Waals surface area (Å²) in [5.74, 6) is 0.841. The lowest BCUT2D eigenvalue weighted by atomic mass is 10.0. The average molecular weight is 495 g/mol. The van der Waals surface area contributed by atoms with Gasteiger partial charge < -0.3 is 10.2 Å². The maximum absolute atomic E-state index is 13.5. The molecule has 3 aromatic carbocycles. The molecule has 1 atom stereocenters. The summed E-state index contributed by atoms with van der Waals surface area (Å²) < 4.78 is 0. The molecule has 178 valence electrons. The van der Waals surface area contributed by atoms with E-state index in [1.165, 1.54) is 11.1 Å². The number of amides is 2. The minimum atomic E-state index is -0.606. The summed E-state index contributed by atoms with van der Waals surface area (Å²) in [6.07, 6.45) is 0.453. The maximum Gasteiger partial charge on any atom is 0.243 e. The molecule has 0 saturated heterocycles. The summed E-state index contributed by atoms with van der Waals surface area (Å²) in [4.78, 5) is 28.3. The number of halogens is 1. The van der Waals surface area contributed by atoms with Gasteiger partial charge in [0.25, 0.3) is 0 Å². The van der Waals surface area contributed by atoms with Crippen LogP contribution in [0.15, 0.2) is 78.9 Å². The summed E-state index contributed by atoms with van der Waals surface area (Å²) in [6.45, 7) is 4.80. The zero-order valence-electron chi connectivity index (χ0n) is 19.7. The van der Waals surface area contributed by atoms with E-state index >= 15 is 0 Å². The number of aryl methyl sites for hydroxylation is 1.